The first kappa shape index (κ1) is 13.1. The van der Waals surface area contributed by atoms with Crippen LogP contribution in [0.1, 0.15) is 29.6 Å². The van der Waals surface area contributed by atoms with Gasteiger partial charge >= 0.3 is 0 Å². The molecule has 17 heavy (non-hydrogen) atoms. The molecule has 0 fully saturated rings. The number of rotatable bonds is 6. The number of hydrogen-bond acceptors (Lipinski definition) is 2. The van der Waals surface area contributed by atoms with E-state index in [-0.39, 0.29) is 5.91 Å². The smallest absolute Gasteiger partial charge is 0.251 e. The predicted molar refractivity (Wildman–Crippen MR) is 68.0 cm³/mol. The van der Waals surface area contributed by atoms with E-state index in [9.17, 15) is 4.79 Å². The highest BCUT2D eigenvalue weighted by Gasteiger charge is 2.04. The van der Waals surface area contributed by atoms with Crippen molar-refractivity contribution in [3.8, 4) is 18.1 Å². The molecule has 0 radical (unpaired) electrons. The standard InChI is InChI=1S/C14H17NO2/c1-3-4-5-6-11-15-14(16)12-7-9-13(17-2)10-8-12/h1,7-10H,4-6,11H2,2H3,(H,15,16). The second-order valence-electron chi connectivity index (χ2n) is 3.65. The van der Waals surface area contributed by atoms with Crippen LogP contribution >= 0.6 is 0 Å². The van der Waals surface area contributed by atoms with E-state index in [1.807, 2.05) is 0 Å². The Morgan fingerprint density at radius 1 is 1.35 bits per heavy atom. The van der Waals surface area contributed by atoms with Crippen molar-refractivity contribution in [3.05, 3.63) is 29.8 Å². The van der Waals surface area contributed by atoms with Crippen LogP contribution in [0.25, 0.3) is 0 Å². The Morgan fingerprint density at radius 2 is 2.06 bits per heavy atom. The van der Waals surface area contributed by atoms with Gasteiger partial charge < -0.3 is 10.1 Å². The summed E-state index contributed by atoms with van der Waals surface area (Å²) in [6, 6.07) is 7.03. The van der Waals surface area contributed by atoms with Gasteiger partial charge in [0, 0.05) is 18.5 Å². The number of methoxy groups -OCH3 is 1. The van der Waals surface area contributed by atoms with Gasteiger partial charge in [0.2, 0.25) is 0 Å². The maximum atomic E-state index is 11.7. The summed E-state index contributed by atoms with van der Waals surface area (Å²) in [6.45, 7) is 0.659. The normalized spacial score (nSPS) is 9.41. The molecule has 0 unspecified atom stereocenters. The van der Waals surface area contributed by atoms with Crippen molar-refractivity contribution in [1.29, 1.82) is 0 Å². The lowest BCUT2D eigenvalue weighted by Gasteiger charge is -2.05. The highest BCUT2D eigenvalue weighted by molar-refractivity contribution is 5.94. The zero-order valence-electron chi connectivity index (χ0n) is 10.0. The van der Waals surface area contributed by atoms with Crippen LogP contribution in [0.4, 0.5) is 0 Å². The van der Waals surface area contributed by atoms with Crippen LogP contribution in [-0.2, 0) is 0 Å². The number of carbonyl (C=O) groups excluding carboxylic acids is 1. The number of unbranched alkanes of at least 4 members (excludes halogenated alkanes) is 2. The molecule has 0 aromatic heterocycles. The molecule has 0 atom stereocenters. The van der Waals surface area contributed by atoms with Crippen molar-refractivity contribution >= 4 is 5.91 Å². The summed E-state index contributed by atoms with van der Waals surface area (Å²) in [7, 11) is 1.60. The minimum absolute atomic E-state index is 0.0617. The maximum absolute atomic E-state index is 11.7. The van der Waals surface area contributed by atoms with Gasteiger partial charge in [0.1, 0.15) is 5.75 Å². The van der Waals surface area contributed by atoms with Crippen molar-refractivity contribution in [2.75, 3.05) is 13.7 Å². The van der Waals surface area contributed by atoms with E-state index < -0.39 is 0 Å². The largest absolute Gasteiger partial charge is 0.497 e. The van der Waals surface area contributed by atoms with E-state index in [1.54, 1.807) is 31.4 Å². The van der Waals surface area contributed by atoms with Crippen LogP contribution in [0, 0.1) is 12.3 Å². The summed E-state index contributed by atoms with van der Waals surface area (Å²) in [6.07, 6.45) is 7.75. The van der Waals surface area contributed by atoms with Crippen LogP contribution in [0.3, 0.4) is 0 Å². The molecule has 1 aromatic carbocycles. The van der Waals surface area contributed by atoms with E-state index in [4.69, 9.17) is 11.2 Å². The van der Waals surface area contributed by atoms with Gasteiger partial charge in [0.25, 0.3) is 5.91 Å². The Labute approximate surface area is 102 Å². The molecule has 90 valence electrons. The van der Waals surface area contributed by atoms with Gasteiger partial charge in [-0.05, 0) is 37.1 Å². The van der Waals surface area contributed by atoms with Gasteiger partial charge in [-0.1, -0.05) is 0 Å². The molecule has 0 bridgehead atoms. The summed E-state index contributed by atoms with van der Waals surface area (Å²) in [4.78, 5) is 11.7. The Morgan fingerprint density at radius 3 is 2.65 bits per heavy atom. The lowest BCUT2D eigenvalue weighted by atomic mass is 10.2. The van der Waals surface area contributed by atoms with Crippen LogP contribution in [-0.4, -0.2) is 19.6 Å². The first-order chi connectivity index (χ1) is 8.27. The molecule has 0 spiro atoms. The quantitative estimate of drug-likeness (QED) is 0.602. The summed E-state index contributed by atoms with van der Waals surface area (Å²) in [5.74, 6) is 3.26. The zero-order chi connectivity index (χ0) is 12.5. The SMILES string of the molecule is C#CCCCCNC(=O)c1ccc(OC)cc1. The number of terminal acetylenes is 1. The number of ether oxygens (including phenoxy) is 1. The topological polar surface area (TPSA) is 38.3 Å². The maximum Gasteiger partial charge on any atom is 0.251 e. The minimum Gasteiger partial charge on any atom is -0.497 e. The Bertz CT molecular complexity index is 390. The molecule has 0 aliphatic heterocycles. The summed E-state index contributed by atoms with van der Waals surface area (Å²) in [5.41, 5.74) is 0.641. The van der Waals surface area contributed by atoms with Crippen molar-refractivity contribution in [1.82, 2.24) is 5.32 Å². The van der Waals surface area contributed by atoms with E-state index >= 15 is 0 Å². The molecular weight excluding hydrogens is 214 g/mol. The van der Waals surface area contributed by atoms with E-state index in [0.717, 1.165) is 25.0 Å². The predicted octanol–water partition coefficient (Wildman–Crippen LogP) is 2.23. The molecule has 1 amide bonds. The highest BCUT2D eigenvalue weighted by atomic mass is 16.5. The average Bonchev–Trinajstić information content (AvgIpc) is 2.38. The third-order valence-corrected chi connectivity index (χ3v) is 2.39. The van der Waals surface area contributed by atoms with Crippen molar-refractivity contribution in [2.24, 2.45) is 0 Å². The summed E-state index contributed by atoms with van der Waals surface area (Å²) < 4.78 is 5.02. The molecule has 0 heterocycles. The Kier molecular flexibility index (Phi) is 5.67. The first-order valence-electron chi connectivity index (χ1n) is 5.63. The number of hydrogen-bond donors (Lipinski definition) is 1. The fraction of sp³-hybridized carbons (Fsp3) is 0.357. The molecular formula is C14H17NO2. The number of carbonyl (C=O) groups is 1. The van der Waals surface area contributed by atoms with Gasteiger partial charge in [0.05, 0.1) is 7.11 Å². The third-order valence-electron chi connectivity index (χ3n) is 2.39. The van der Waals surface area contributed by atoms with Gasteiger partial charge in [-0.25, -0.2) is 0 Å². The lowest BCUT2D eigenvalue weighted by molar-refractivity contribution is 0.0953. The van der Waals surface area contributed by atoms with E-state index in [0.29, 0.717) is 12.1 Å². The summed E-state index contributed by atoms with van der Waals surface area (Å²) >= 11 is 0. The highest BCUT2D eigenvalue weighted by Crippen LogP contribution is 2.10. The first-order valence-corrected chi connectivity index (χ1v) is 5.63. The van der Waals surface area contributed by atoms with Crippen LogP contribution in [0.15, 0.2) is 24.3 Å². The number of nitrogens with one attached hydrogen (secondary N) is 1. The van der Waals surface area contributed by atoms with Gasteiger partial charge in [0.15, 0.2) is 0 Å². The van der Waals surface area contributed by atoms with Crippen LogP contribution in [0.2, 0.25) is 0 Å². The molecule has 1 N–H and O–H groups in total. The molecule has 0 saturated heterocycles. The zero-order valence-corrected chi connectivity index (χ0v) is 10.0. The molecule has 3 heteroatoms. The van der Waals surface area contributed by atoms with Crippen molar-refractivity contribution in [2.45, 2.75) is 19.3 Å². The van der Waals surface area contributed by atoms with Gasteiger partial charge in [-0.15, -0.1) is 12.3 Å². The van der Waals surface area contributed by atoms with Crippen molar-refractivity contribution < 1.29 is 9.53 Å². The number of amides is 1. The van der Waals surface area contributed by atoms with E-state index in [1.165, 1.54) is 0 Å². The van der Waals surface area contributed by atoms with E-state index in [2.05, 4.69) is 11.2 Å². The summed E-state index contributed by atoms with van der Waals surface area (Å²) in [5, 5.41) is 2.85. The lowest BCUT2D eigenvalue weighted by Crippen LogP contribution is -2.24. The average molecular weight is 231 g/mol. The minimum atomic E-state index is -0.0617. The molecule has 1 aromatic rings. The fourth-order valence-electron chi connectivity index (χ4n) is 1.40. The van der Waals surface area contributed by atoms with Gasteiger partial charge in [-0.3, -0.25) is 4.79 Å². The van der Waals surface area contributed by atoms with Gasteiger partial charge in [-0.2, -0.15) is 0 Å². The Balaban J connectivity index is 2.34. The van der Waals surface area contributed by atoms with Crippen LogP contribution < -0.4 is 10.1 Å². The monoisotopic (exact) mass is 231 g/mol. The van der Waals surface area contributed by atoms with Crippen molar-refractivity contribution in [3.63, 3.8) is 0 Å². The molecule has 0 aliphatic carbocycles. The molecule has 0 saturated carbocycles. The molecule has 3 nitrogen and oxygen atoms in total. The number of benzene rings is 1. The fourth-order valence-corrected chi connectivity index (χ4v) is 1.40. The second kappa shape index (κ2) is 7.34. The second-order valence-corrected chi connectivity index (χ2v) is 3.65. The Hall–Kier alpha value is -1.95. The molecule has 1 rings (SSSR count). The third kappa shape index (κ3) is 4.60. The van der Waals surface area contributed by atoms with Crippen LogP contribution in [0.5, 0.6) is 5.75 Å². The molecule has 0 aliphatic rings.